The first-order valence-electron chi connectivity index (χ1n) is 8.35. The maximum atomic E-state index is 13.8. The van der Waals surface area contributed by atoms with Crippen molar-refractivity contribution in [1.82, 2.24) is 9.62 Å². The second-order valence-electron chi connectivity index (χ2n) is 6.97. The van der Waals surface area contributed by atoms with Crippen LogP contribution < -0.4 is 5.32 Å². The van der Waals surface area contributed by atoms with Gasteiger partial charge in [-0.3, -0.25) is 0 Å². The van der Waals surface area contributed by atoms with Crippen LogP contribution in [0.25, 0.3) is 0 Å². The van der Waals surface area contributed by atoms with Gasteiger partial charge in [-0.1, -0.05) is 6.07 Å². The fraction of sp³-hybridized carbons (Fsp3) is 0.647. The molecule has 2 fully saturated rings. The molecule has 2 aliphatic rings. The van der Waals surface area contributed by atoms with Crippen molar-refractivity contribution in [2.45, 2.75) is 24.7 Å². The number of nitrogens with one attached hydrogen (secondary N) is 1. The van der Waals surface area contributed by atoms with Crippen LogP contribution in [0.2, 0.25) is 0 Å². The van der Waals surface area contributed by atoms with E-state index in [1.165, 1.54) is 16.4 Å². The lowest BCUT2D eigenvalue weighted by Crippen LogP contribution is -2.43. The van der Waals surface area contributed by atoms with Crippen LogP contribution in [0.5, 0.6) is 0 Å². The minimum Gasteiger partial charge on any atom is -0.384 e. The van der Waals surface area contributed by atoms with Gasteiger partial charge in [0.2, 0.25) is 10.0 Å². The monoisotopic (exact) mass is 356 g/mol. The van der Waals surface area contributed by atoms with E-state index in [4.69, 9.17) is 4.74 Å². The average molecular weight is 356 g/mol. The van der Waals surface area contributed by atoms with E-state index in [-0.39, 0.29) is 16.2 Å². The molecule has 1 atom stereocenters. The summed E-state index contributed by atoms with van der Waals surface area (Å²) in [5.41, 5.74) is 0.403. The Hall–Kier alpha value is -1.02. The third-order valence-electron chi connectivity index (χ3n) is 5.53. The van der Waals surface area contributed by atoms with Gasteiger partial charge in [0.05, 0.1) is 11.5 Å². The first-order valence-corrected chi connectivity index (χ1v) is 9.79. The zero-order valence-corrected chi connectivity index (χ0v) is 15.0. The van der Waals surface area contributed by atoms with Crippen molar-refractivity contribution in [2.75, 3.05) is 39.9 Å². The van der Waals surface area contributed by atoms with Crippen molar-refractivity contribution in [1.29, 1.82) is 0 Å². The standard InChI is InChI=1S/C17H25FN2O3S/c1-13-3-4-15(9-16(13)18)24(21,22)20-10-14(11-23-2)17(12-20)5-7-19-8-6-17/h3-4,9,14,19H,5-8,10-12H2,1-2H3. The Morgan fingerprint density at radius 1 is 1.38 bits per heavy atom. The van der Waals surface area contributed by atoms with E-state index in [2.05, 4.69) is 5.32 Å². The lowest BCUT2D eigenvalue weighted by atomic mass is 9.71. The summed E-state index contributed by atoms with van der Waals surface area (Å²) in [6.07, 6.45) is 1.88. The van der Waals surface area contributed by atoms with Crippen molar-refractivity contribution in [2.24, 2.45) is 11.3 Å². The Morgan fingerprint density at radius 2 is 2.08 bits per heavy atom. The zero-order chi connectivity index (χ0) is 17.4. The number of piperidine rings is 1. The first kappa shape index (κ1) is 17.8. The molecule has 134 valence electrons. The average Bonchev–Trinajstić information content (AvgIpc) is 2.90. The summed E-state index contributed by atoms with van der Waals surface area (Å²) in [6, 6.07) is 4.14. The Kier molecular flexibility index (Phi) is 4.97. The molecule has 1 aromatic carbocycles. The van der Waals surface area contributed by atoms with Crippen molar-refractivity contribution in [3.63, 3.8) is 0 Å². The maximum absolute atomic E-state index is 13.8. The number of hydrogen-bond acceptors (Lipinski definition) is 4. The number of ether oxygens (including phenoxy) is 1. The smallest absolute Gasteiger partial charge is 0.243 e. The fourth-order valence-electron chi connectivity index (χ4n) is 3.97. The third-order valence-corrected chi connectivity index (χ3v) is 7.34. The minimum absolute atomic E-state index is 0.0350. The summed E-state index contributed by atoms with van der Waals surface area (Å²) in [6.45, 7) is 4.89. The molecule has 0 saturated carbocycles. The number of rotatable bonds is 4. The lowest BCUT2D eigenvalue weighted by molar-refractivity contribution is 0.0718. The molecule has 7 heteroatoms. The predicted octanol–water partition coefficient (Wildman–Crippen LogP) is 1.77. The van der Waals surface area contributed by atoms with Gasteiger partial charge in [-0.25, -0.2) is 12.8 Å². The van der Waals surface area contributed by atoms with Crippen LogP contribution in [0, 0.1) is 24.1 Å². The largest absolute Gasteiger partial charge is 0.384 e. The molecular formula is C17H25FN2O3S. The highest BCUT2D eigenvalue weighted by Crippen LogP contribution is 2.45. The van der Waals surface area contributed by atoms with Crippen LogP contribution in [0.3, 0.4) is 0 Å². The van der Waals surface area contributed by atoms with Crippen LogP contribution in [-0.2, 0) is 14.8 Å². The van der Waals surface area contributed by atoms with Gasteiger partial charge in [-0.15, -0.1) is 0 Å². The molecule has 2 heterocycles. The Balaban J connectivity index is 1.89. The normalized spacial score (nSPS) is 24.5. The zero-order valence-electron chi connectivity index (χ0n) is 14.2. The van der Waals surface area contributed by atoms with Gasteiger partial charge in [-0.2, -0.15) is 4.31 Å². The first-order chi connectivity index (χ1) is 11.4. The van der Waals surface area contributed by atoms with Gasteiger partial charge in [0.15, 0.2) is 0 Å². The molecular weight excluding hydrogens is 331 g/mol. The van der Waals surface area contributed by atoms with Gasteiger partial charge in [0.25, 0.3) is 0 Å². The maximum Gasteiger partial charge on any atom is 0.243 e. The van der Waals surface area contributed by atoms with Gasteiger partial charge in [-0.05, 0) is 56.0 Å². The van der Waals surface area contributed by atoms with Gasteiger partial charge >= 0.3 is 0 Å². The number of nitrogens with zero attached hydrogens (tertiary/aromatic N) is 1. The Bertz CT molecular complexity index is 702. The Labute approximate surface area is 143 Å². The van der Waals surface area contributed by atoms with Crippen LogP contribution in [0.4, 0.5) is 4.39 Å². The van der Waals surface area contributed by atoms with Crippen LogP contribution in [0.1, 0.15) is 18.4 Å². The number of sulfonamides is 1. The lowest BCUT2D eigenvalue weighted by Gasteiger charge is -2.38. The number of benzene rings is 1. The summed E-state index contributed by atoms with van der Waals surface area (Å²) < 4.78 is 46.7. The Morgan fingerprint density at radius 3 is 2.71 bits per heavy atom. The molecule has 0 radical (unpaired) electrons. The van der Waals surface area contributed by atoms with Crippen molar-refractivity contribution < 1.29 is 17.5 Å². The molecule has 24 heavy (non-hydrogen) atoms. The van der Waals surface area contributed by atoms with E-state index in [1.54, 1.807) is 14.0 Å². The quantitative estimate of drug-likeness (QED) is 0.893. The molecule has 1 aromatic rings. The molecule has 0 aliphatic carbocycles. The highest BCUT2D eigenvalue weighted by atomic mass is 32.2. The van der Waals surface area contributed by atoms with E-state index in [0.717, 1.165) is 32.0 Å². The van der Waals surface area contributed by atoms with Crippen molar-refractivity contribution >= 4 is 10.0 Å². The van der Waals surface area contributed by atoms with Crippen molar-refractivity contribution in [3.8, 4) is 0 Å². The second kappa shape index (κ2) is 6.71. The van der Waals surface area contributed by atoms with E-state index >= 15 is 0 Å². The number of halogens is 1. The summed E-state index contributed by atoms with van der Waals surface area (Å²) in [4.78, 5) is 0.0350. The van der Waals surface area contributed by atoms with Crippen LogP contribution >= 0.6 is 0 Å². The van der Waals surface area contributed by atoms with Gasteiger partial charge in [0, 0.05) is 26.1 Å². The van der Waals surface area contributed by atoms with Crippen molar-refractivity contribution in [3.05, 3.63) is 29.6 Å². The molecule has 3 rings (SSSR count). The van der Waals surface area contributed by atoms with E-state index in [0.29, 0.717) is 25.3 Å². The van der Waals surface area contributed by atoms with Crippen LogP contribution in [-0.4, -0.2) is 52.6 Å². The number of hydrogen-bond donors (Lipinski definition) is 1. The number of aryl methyl sites for hydroxylation is 1. The molecule has 1 unspecified atom stereocenters. The summed E-state index contributed by atoms with van der Waals surface area (Å²) >= 11 is 0. The highest BCUT2D eigenvalue weighted by molar-refractivity contribution is 7.89. The highest BCUT2D eigenvalue weighted by Gasteiger charge is 2.50. The molecule has 1 N–H and O–H groups in total. The predicted molar refractivity (Wildman–Crippen MR) is 89.8 cm³/mol. The minimum atomic E-state index is -3.69. The molecule has 2 saturated heterocycles. The molecule has 2 aliphatic heterocycles. The fourth-order valence-corrected chi connectivity index (χ4v) is 5.57. The SMILES string of the molecule is COCC1CN(S(=O)(=O)c2ccc(C)c(F)c2)CC12CCNCC2. The topological polar surface area (TPSA) is 58.6 Å². The van der Waals surface area contributed by atoms with E-state index in [1.807, 2.05) is 0 Å². The molecule has 0 bridgehead atoms. The third kappa shape index (κ3) is 3.10. The van der Waals surface area contributed by atoms with E-state index < -0.39 is 15.8 Å². The van der Waals surface area contributed by atoms with Gasteiger partial charge < -0.3 is 10.1 Å². The molecule has 0 amide bonds. The number of methoxy groups -OCH3 is 1. The summed E-state index contributed by atoms with van der Waals surface area (Å²) in [5, 5.41) is 3.34. The summed E-state index contributed by atoms with van der Waals surface area (Å²) in [5.74, 6) is -0.310. The molecule has 0 aromatic heterocycles. The summed E-state index contributed by atoms with van der Waals surface area (Å²) in [7, 11) is -2.03. The molecule has 1 spiro atoms. The van der Waals surface area contributed by atoms with Gasteiger partial charge in [0.1, 0.15) is 5.82 Å². The van der Waals surface area contributed by atoms with Crippen LogP contribution in [0.15, 0.2) is 23.1 Å². The second-order valence-corrected chi connectivity index (χ2v) is 8.91. The van der Waals surface area contributed by atoms with E-state index in [9.17, 15) is 12.8 Å². The molecule has 5 nitrogen and oxygen atoms in total.